The molecule has 0 unspecified atom stereocenters. The first-order valence-electron chi connectivity index (χ1n) is 6.14. The fraction of sp³-hybridized carbons (Fsp3) is 0.571. The number of rotatable bonds is 5. The Morgan fingerprint density at radius 1 is 1.35 bits per heavy atom. The quantitative estimate of drug-likeness (QED) is 0.872. The van der Waals surface area contributed by atoms with E-state index in [-0.39, 0.29) is 5.54 Å². The molecule has 17 heavy (non-hydrogen) atoms. The van der Waals surface area contributed by atoms with Crippen molar-refractivity contribution in [2.75, 3.05) is 18.5 Å². The molecule has 0 fully saturated rings. The summed E-state index contributed by atoms with van der Waals surface area (Å²) in [4.78, 5) is 2.31. The second kappa shape index (κ2) is 5.74. The zero-order chi connectivity index (χ0) is 13.1. The van der Waals surface area contributed by atoms with E-state index in [1.165, 1.54) is 11.3 Å². The summed E-state index contributed by atoms with van der Waals surface area (Å²) >= 11 is 6.05. The minimum Gasteiger partial charge on any atom is -0.369 e. The maximum atomic E-state index is 6.05. The molecule has 0 radical (unpaired) electrons. The summed E-state index contributed by atoms with van der Waals surface area (Å²) in [6.07, 6.45) is 1.95. The van der Waals surface area contributed by atoms with E-state index in [0.29, 0.717) is 6.54 Å². The van der Waals surface area contributed by atoms with Gasteiger partial charge in [0.15, 0.2) is 0 Å². The Bertz CT molecular complexity index is 374. The van der Waals surface area contributed by atoms with Crippen LogP contribution in [0.4, 0.5) is 5.69 Å². The third-order valence-corrected chi connectivity index (χ3v) is 3.82. The highest BCUT2D eigenvalue weighted by atomic mass is 35.5. The van der Waals surface area contributed by atoms with Crippen molar-refractivity contribution in [3.63, 3.8) is 0 Å². The van der Waals surface area contributed by atoms with E-state index in [0.717, 1.165) is 17.9 Å². The van der Waals surface area contributed by atoms with Crippen LogP contribution in [-0.4, -0.2) is 19.1 Å². The second-order valence-electron chi connectivity index (χ2n) is 5.04. The van der Waals surface area contributed by atoms with Crippen molar-refractivity contribution in [2.45, 2.75) is 39.2 Å². The van der Waals surface area contributed by atoms with Gasteiger partial charge in [0.25, 0.3) is 0 Å². The topological polar surface area (TPSA) is 29.3 Å². The lowest BCUT2D eigenvalue weighted by Crippen LogP contribution is -2.41. The number of benzene rings is 1. The highest BCUT2D eigenvalue weighted by Gasteiger charge is 2.23. The fourth-order valence-electron chi connectivity index (χ4n) is 1.80. The Hall–Kier alpha value is -0.730. The Morgan fingerprint density at radius 3 is 2.53 bits per heavy atom. The molecule has 0 aliphatic carbocycles. The van der Waals surface area contributed by atoms with Gasteiger partial charge in [-0.05, 0) is 57.0 Å². The van der Waals surface area contributed by atoms with E-state index in [9.17, 15) is 0 Å². The maximum Gasteiger partial charge on any atom is 0.0410 e. The molecule has 0 saturated carbocycles. The Balaban J connectivity index is 3.12. The van der Waals surface area contributed by atoms with Crippen molar-refractivity contribution in [3.05, 3.63) is 28.8 Å². The van der Waals surface area contributed by atoms with E-state index in [4.69, 9.17) is 17.3 Å². The molecule has 0 heterocycles. The average molecular weight is 255 g/mol. The molecule has 0 spiro atoms. The normalized spacial score (nSPS) is 11.6. The van der Waals surface area contributed by atoms with Crippen molar-refractivity contribution >= 4 is 17.3 Å². The lowest BCUT2D eigenvalue weighted by atomic mass is 9.97. The summed E-state index contributed by atoms with van der Waals surface area (Å²) in [5, 5.41) is 0.778. The fourth-order valence-corrected chi connectivity index (χ4v) is 1.99. The van der Waals surface area contributed by atoms with E-state index in [2.05, 4.69) is 38.8 Å². The summed E-state index contributed by atoms with van der Waals surface area (Å²) in [7, 11) is 2.13. The molecule has 0 aliphatic heterocycles. The van der Waals surface area contributed by atoms with E-state index >= 15 is 0 Å². The van der Waals surface area contributed by atoms with Gasteiger partial charge in [0.05, 0.1) is 0 Å². The van der Waals surface area contributed by atoms with Crippen molar-refractivity contribution < 1.29 is 0 Å². The number of hydrogen-bond acceptors (Lipinski definition) is 2. The van der Waals surface area contributed by atoms with Gasteiger partial charge in [0, 0.05) is 23.3 Å². The monoisotopic (exact) mass is 254 g/mol. The molecule has 1 aromatic rings. The van der Waals surface area contributed by atoms with E-state index < -0.39 is 0 Å². The number of nitrogens with zero attached hydrogens (tertiary/aromatic N) is 1. The van der Waals surface area contributed by atoms with E-state index in [1.54, 1.807) is 0 Å². The first-order valence-corrected chi connectivity index (χ1v) is 6.52. The molecule has 0 saturated heterocycles. The van der Waals surface area contributed by atoms with Gasteiger partial charge in [-0.25, -0.2) is 0 Å². The van der Waals surface area contributed by atoms with Gasteiger partial charge in [-0.3, -0.25) is 0 Å². The SMILES string of the molecule is CCC(C)(C)N(C)c1ccc(Cl)cc1CCN. The average Bonchev–Trinajstić information content (AvgIpc) is 2.29. The zero-order valence-corrected chi connectivity index (χ0v) is 12.0. The van der Waals surface area contributed by atoms with Crippen LogP contribution >= 0.6 is 11.6 Å². The van der Waals surface area contributed by atoms with Crippen LogP contribution < -0.4 is 10.6 Å². The van der Waals surface area contributed by atoms with Crippen LogP contribution in [0.1, 0.15) is 32.8 Å². The van der Waals surface area contributed by atoms with Crippen molar-refractivity contribution in [1.29, 1.82) is 0 Å². The van der Waals surface area contributed by atoms with Crippen LogP contribution in [0.3, 0.4) is 0 Å². The van der Waals surface area contributed by atoms with Crippen molar-refractivity contribution in [3.8, 4) is 0 Å². The largest absolute Gasteiger partial charge is 0.369 e. The van der Waals surface area contributed by atoms with Gasteiger partial charge in [-0.15, -0.1) is 0 Å². The molecular formula is C14H23ClN2. The summed E-state index contributed by atoms with van der Waals surface area (Å²) in [6, 6.07) is 6.05. The highest BCUT2D eigenvalue weighted by Crippen LogP contribution is 2.30. The van der Waals surface area contributed by atoms with Crippen LogP contribution in [0, 0.1) is 0 Å². The van der Waals surface area contributed by atoms with Crippen LogP contribution in [0.5, 0.6) is 0 Å². The summed E-state index contributed by atoms with van der Waals surface area (Å²) in [5.41, 5.74) is 8.25. The molecule has 0 bridgehead atoms. The summed E-state index contributed by atoms with van der Waals surface area (Å²) < 4.78 is 0. The lowest BCUT2D eigenvalue weighted by molar-refractivity contribution is 0.469. The summed E-state index contributed by atoms with van der Waals surface area (Å²) in [6.45, 7) is 7.34. The first-order chi connectivity index (χ1) is 7.92. The number of anilines is 1. The van der Waals surface area contributed by atoms with Gasteiger partial charge in [-0.1, -0.05) is 18.5 Å². The van der Waals surface area contributed by atoms with Crippen LogP contribution in [0.15, 0.2) is 18.2 Å². The molecule has 0 aromatic heterocycles. The van der Waals surface area contributed by atoms with Gasteiger partial charge in [-0.2, -0.15) is 0 Å². The predicted octanol–water partition coefficient (Wildman–Crippen LogP) is 3.47. The first kappa shape index (κ1) is 14.3. The number of nitrogens with two attached hydrogens (primary N) is 1. The molecule has 0 aliphatic rings. The smallest absolute Gasteiger partial charge is 0.0410 e. The van der Waals surface area contributed by atoms with Crippen LogP contribution in [0.25, 0.3) is 0 Å². The van der Waals surface area contributed by atoms with Crippen molar-refractivity contribution in [1.82, 2.24) is 0 Å². The molecule has 2 nitrogen and oxygen atoms in total. The second-order valence-corrected chi connectivity index (χ2v) is 5.47. The van der Waals surface area contributed by atoms with Crippen molar-refractivity contribution in [2.24, 2.45) is 5.73 Å². The lowest BCUT2D eigenvalue weighted by Gasteiger charge is -2.38. The zero-order valence-electron chi connectivity index (χ0n) is 11.3. The minimum absolute atomic E-state index is 0.136. The summed E-state index contributed by atoms with van der Waals surface area (Å²) in [5.74, 6) is 0. The van der Waals surface area contributed by atoms with Crippen LogP contribution in [0.2, 0.25) is 5.02 Å². The number of halogens is 1. The van der Waals surface area contributed by atoms with Crippen LogP contribution in [-0.2, 0) is 6.42 Å². The predicted molar refractivity (Wildman–Crippen MR) is 77.0 cm³/mol. The molecule has 0 amide bonds. The molecule has 1 rings (SSSR count). The van der Waals surface area contributed by atoms with Gasteiger partial charge in [0.2, 0.25) is 0 Å². The third-order valence-electron chi connectivity index (χ3n) is 3.59. The van der Waals surface area contributed by atoms with Gasteiger partial charge in [0.1, 0.15) is 0 Å². The Labute approximate surface area is 110 Å². The Kier molecular flexibility index (Phi) is 4.84. The van der Waals surface area contributed by atoms with E-state index in [1.807, 2.05) is 12.1 Å². The number of hydrogen-bond donors (Lipinski definition) is 1. The van der Waals surface area contributed by atoms with Gasteiger partial charge < -0.3 is 10.6 Å². The highest BCUT2D eigenvalue weighted by molar-refractivity contribution is 6.30. The van der Waals surface area contributed by atoms with Gasteiger partial charge >= 0.3 is 0 Å². The standard InChI is InChI=1S/C14H23ClN2/c1-5-14(2,3)17(4)13-7-6-12(15)10-11(13)8-9-16/h6-7,10H,5,8-9,16H2,1-4H3. The maximum absolute atomic E-state index is 6.05. The minimum atomic E-state index is 0.136. The molecule has 3 heteroatoms. The molecule has 1 aromatic carbocycles. The third kappa shape index (κ3) is 3.36. The Morgan fingerprint density at radius 2 is 2.00 bits per heavy atom. The molecule has 2 N–H and O–H groups in total. The molecular weight excluding hydrogens is 232 g/mol. The molecule has 96 valence electrons. The molecule has 0 atom stereocenters.